The van der Waals surface area contributed by atoms with Crippen LogP contribution in [0.25, 0.3) is 0 Å². The van der Waals surface area contributed by atoms with Crippen molar-refractivity contribution >= 4 is 29.2 Å². The van der Waals surface area contributed by atoms with E-state index in [2.05, 4.69) is 9.88 Å². The number of carbonyl (C=O) groups excluding carboxylic acids is 2. The molecule has 5 rings (SSSR count). The lowest BCUT2D eigenvalue weighted by Crippen LogP contribution is -2.49. The molecule has 7 nitrogen and oxygen atoms in total. The second kappa shape index (κ2) is 8.39. The maximum atomic E-state index is 12.9. The number of hydrogen-bond acceptors (Lipinski definition) is 6. The number of hydrogen-bond donors (Lipinski definition) is 0. The number of aryl methyl sites for hydroxylation is 1. The first-order chi connectivity index (χ1) is 15.5. The molecule has 1 aliphatic carbocycles. The molecular formula is C24H23ClN4O3. The van der Waals surface area contributed by atoms with Crippen molar-refractivity contribution in [2.75, 3.05) is 31.1 Å². The van der Waals surface area contributed by atoms with E-state index in [0.29, 0.717) is 67.0 Å². The number of furan rings is 1. The molecule has 8 heteroatoms. The summed E-state index contributed by atoms with van der Waals surface area (Å²) < 4.78 is 5.23. The molecule has 1 amide bonds. The largest absolute Gasteiger partial charge is 0.459 e. The molecule has 32 heavy (non-hydrogen) atoms. The average molecular weight is 451 g/mol. The van der Waals surface area contributed by atoms with Gasteiger partial charge in [-0.2, -0.15) is 0 Å². The van der Waals surface area contributed by atoms with Crippen molar-refractivity contribution in [1.82, 2.24) is 14.9 Å². The fourth-order valence-electron chi connectivity index (χ4n) is 4.56. The molecule has 0 saturated carbocycles. The Kier molecular flexibility index (Phi) is 5.43. The van der Waals surface area contributed by atoms with Gasteiger partial charge in [0.15, 0.2) is 11.5 Å². The Bertz CT molecular complexity index is 1170. The molecule has 1 aliphatic heterocycles. The molecule has 0 radical (unpaired) electrons. The van der Waals surface area contributed by atoms with E-state index < -0.39 is 0 Å². The maximum absolute atomic E-state index is 12.9. The van der Waals surface area contributed by atoms with E-state index in [1.165, 1.54) is 6.26 Å². The average Bonchev–Trinajstić information content (AvgIpc) is 3.33. The number of carbonyl (C=O) groups is 2. The highest BCUT2D eigenvalue weighted by atomic mass is 35.5. The minimum Gasteiger partial charge on any atom is -0.459 e. The number of halogens is 1. The van der Waals surface area contributed by atoms with Crippen LogP contribution in [0.15, 0.2) is 47.1 Å². The second-order valence-corrected chi connectivity index (χ2v) is 8.71. The van der Waals surface area contributed by atoms with Gasteiger partial charge in [-0.15, -0.1) is 0 Å². The van der Waals surface area contributed by atoms with Gasteiger partial charge in [-0.1, -0.05) is 23.7 Å². The highest BCUT2D eigenvalue weighted by molar-refractivity contribution is 6.30. The first-order valence-electron chi connectivity index (χ1n) is 10.7. The van der Waals surface area contributed by atoms with E-state index in [9.17, 15) is 9.59 Å². The summed E-state index contributed by atoms with van der Waals surface area (Å²) in [5, 5.41) is 0.669. The molecule has 0 spiro atoms. The zero-order valence-corrected chi connectivity index (χ0v) is 18.5. The Balaban J connectivity index is 1.35. The van der Waals surface area contributed by atoms with E-state index in [0.717, 1.165) is 11.3 Å². The van der Waals surface area contributed by atoms with Crippen LogP contribution in [-0.2, 0) is 6.42 Å². The zero-order chi connectivity index (χ0) is 22.2. The third kappa shape index (κ3) is 3.88. The number of benzene rings is 1. The highest BCUT2D eigenvalue weighted by Gasteiger charge is 2.31. The lowest BCUT2D eigenvalue weighted by atomic mass is 9.81. The molecule has 1 fully saturated rings. The summed E-state index contributed by atoms with van der Waals surface area (Å²) in [7, 11) is 0. The quantitative estimate of drug-likeness (QED) is 0.602. The summed E-state index contributed by atoms with van der Waals surface area (Å²) in [4.78, 5) is 38.7. The third-order valence-electron chi connectivity index (χ3n) is 6.21. The summed E-state index contributed by atoms with van der Waals surface area (Å²) in [5.41, 5.74) is 3.22. The Morgan fingerprint density at radius 2 is 1.91 bits per heavy atom. The zero-order valence-electron chi connectivity index (χ0n) is 17.8. The Morgan fingerprint density at radius 3 is 2.62 bits per heavy atom. The van der Waals surface area contributed by atoms with E-state index >= 15 is 0 Å². The number of rotatable bonds is 3. The van der Waals surface area contributed by atoms with E-state index in [1.54, 1.807) is 17.0 Å². The van der Waals surface area contributed by atoms with Gasteiger partial charge in [0.25, 0.3) is 5.91 Å². The SMILES string of the molecule is Cc1nc(N2CCN(C(=O)c3ccco3)CC2)nc2c1C(=O)CC(c1cccc(Cl)c1)C2. The van der Waals surface area contributed by atoms with Crippen molar-refractivity contribution in [3.8, 4) is 0 Å². The number of anilines is 1. The van der Waals surface area contributed by atoms with E-state index in [1.807, 2.05) is 31.2 Å². The van der Waals surface area contributed by atoms with Crippen LogP contribution in [0.1, 0.15) is 50.2 Å². The van der Waals surface area contributed by atoms with Crippen LogP contribution >= 0.6 is 11.6 Å². The highest BCUT2D eigenvalue weighted by Crippen LogP contribution is 2.34. The van der Waals surface area contributed by atoms with Gasteiger partial charge >= 0.3 is 0 Å². The molecule has 2 aromatic heterocycles. The summed E-state index contributed by atoms with van der Waals surface area (Å²) in [6, 6.07) is 11.1. The van der Waals surface area contributed by atoms with Gasteiger partial charge in [0.1, 0.15) is 0 Å². The number of aromatic nitrogens is 2. The molecule has 0 N–H and O–H groups in total. The summed E-state index contributed by atoms with van der Waals surface area (Å²) in [6.07, 6.45) is 2.62. The Labute approximate surface area is 191 Å². The monoisotopic (exact) mass is 450 g/mol. The number of Topliss-reactive ketones (excluding diaryl/α,β-unsaturated/α-hetero) is 1. The first-order valence-corrected chi connectivity index (χ1v) is 11.1. The fourth-order valence-corrected chi connectivity index (χ4v) is 4.76. The lowest BCUT2D eigenvalue weighted by molar-refractivity contribution is 0.0713. The van der Waals surface area contributed by atoms with Crippen molar-refractivity contribution in [2.24, 2.45) is 0 Å². The van der Waals surface area contributed by atoms with Crippen molar-refractivity contribution in [3.63, 3.8) is 0 Å². The minimum absolute atomic E-state index is 0.0543. The van der Waals surface area contributed by atoms with Gasteiger partial charge in [0.2, 0.25) is 5.95 Å². The molecule has 164 valence electrons. The van der Waals surface area contributed by atoms with Crippen LogP contribution in [0.5, 0.6) is 0 Å². The van der Waals surface area contributed by atoms with Crippen LogP contribution in [0, 0.1) is 6.92 Å². The van der Waals surface area contributed by atoms with Gasteiger partial charge in [-0.3, -0.25) is 9.59 Å². The van der Waals surface area contributed by atoms with Crippen LogP contribution in [0.3, 0.4) is 0 Å². The molecule has 1 saturated heterocycles. The van der Waals surface area contributed by atoms with E-state index in [-0.39, 0.29) is 17.6 Å². The topological polar surface area (TPSA) is 79.5 Å². The third-order valence-corrected chi connectivity index (χ3v) is 6.44. The molecule has 3 heterocycles. The van der Waals surface area contributed by atoms with Gasteiger partial charge < -0.3 is 14.2 Å². The Hall–Kier alpha value is -3.19. The second-order valence-electron chi connectivity index (χ2n) is 8.27. The van der Waals surface area contributed by atoms with Gasteiger partial charge in [0.05, 0.1) is 23.2 Å². The summed E-state index contributed by atoms with van der Waals surface area (Å²) in [6.45, 7) is 4.23. The fraction of sp³-hybridized carbons (Fsp3) is 0.333. The summed E-state index contributed by atoms with van der Waals surface area (Å²) in [5.74, 6) is 0.996. The molecule has 2 aliphatic rings. The number of fused-ring (bicyclic) bond motifs is 1. The number of nitrogens with zero attached hydrogens (tertiary/aromatic N) is 4. The van der Waals surface area contributed by atoms with E-state index in [4.69, 9.17) is 21.0 Å². The first kappa shape index (κ1) is 20.7. The predicted molar refractivity (Wildman–Crippen MR) is 120 cm³/mol. The lowest BCUT2D eigenvalue weighted by Gasteiger charge is -2.35. The summed E-state index contributed by atoms with van der Waals surface area (Å²) >= 11 is 6.17. The smallest absolute Gasteiger partial charge is 0.289 e. The predicted octanol–water partition coefficient (Wildman–Crippen LogP) is 3.91. The minimum atomic E-state index is -0.104. The van der Waals surface area contributed by atoms with Crippen LogP contribution in [-0.4, -0.2) is 52.7 Å². The Morgan fingerprint density at radius 1 is 1.09 bits per heavy atom. The standard InChI is InChI=1S/C24H23ClN4O3/c1-15-22-19(13-17(14-20(22)30)16-4-2-5-18(25)12-16)27-24(26-15)29-9-7-28(8-10-29)23(31)21-6-3-11-32-21/h2-6,11-12,17H,7-10,13-14H2,1H3. The molecule has 0 bridgehead atoms. The molecule has 1 unspecified atom stereocenters. The van der Waals surface area contributed by atoms with Crippen molar-refractivity contribution in [2.45, 2.75) is 25.7 Å². The van der Waals surface area contributed by atoms with Crippen LogP contribution < -0.4 is 4.90 Å². The number of ketones is 1. The van der Waals surface area contributed by atoms with Crippen molar-refractivity contribution in [3.05, 3.63) is 76.0 Å². The molecule has 3 aromatic rings. The van der Waals surface area contributed by atoms with Gasteiger partial charge in [-0.25, -0.2) is 9.97 Å². The van der Waals surface area contributed by atoms with Crippen molar-refractivity contribution in [1.29, 1.82) is 0 Å². The number of piperazine rings is 1. The van der Waals surface area contributed by atoms with Crippen molar-refractivity contribution < 1.29 is 14.0 Å². The van der Waals surface area contributed by atoms with Crippen LogP contribution in [0.2, 0.25) is 5.02 Å². The van der Waals surface area contributed by atoms with Crippen LogP contribution in [0.4, 0.5) is 5.95 Å². The maximum Gasteiger partial charge on any atom is 0.289 e. The normalized spacial score (nSPS) is 18.6. The van der Waals surface area contributed by atoms with Gasteiger partial charge in [-0.05, 0) is 49.1 Å². The number of amides is 1. The van der Waals surface area contributed by atoms with Gasteiger partial charge in [0, 0.05) is 37.6 Å². The molecular weight excluding hydrogens is 428 g/mol. The molecule has 1 aromatic carbocycles. The molecule has 1 atom stereocenters.